The summed E-state index contributed by atoms with van der Waals surface area (Å²) >= 11 is 5.94. The van der Waals surface area contributed by atoms with Gasteiger partial charge in [-0.3, -0.25) is 0 Å². The van der Waals surface area contributed by atoms with E-state index < -0.39 is 12.0 Å². The Labute approximate surface area is 176 Å². The smallest absolute Gasteiger partial charge is 0.328 e. The predicted molar refractivity (Wildman–Crippen MR) is 112 cm³/mol. The van der Waals surface area contributed by atoms with Gasteiger partial charge in [-0.15, -0.1) is 0 Å². The Morgan fingerprint density at radius 2 is 2.00 bits per heavy atom. The number of amides is 4. The second-order valence-corrected chi connectivity index (χ2v) is 7.47. The Hall–Kier alpha value is -2.48. The fraction of sp³-hybridized carbons (Fsp3) is 0.550. The van der Waals surface area contributed by atoms with Crippen LogP contribution >= 0.6 is 11.6 Å². The number of carbonyl (C=O) groups excluding carboxylic acids is 3. The van der Waals surface area contributed by atoms with Gasteiger partial charge in [0.15, 0.2) is 0 Å². The van der Waals surface area contributed by atoms with Crippen LogP contribution in [-0.4, -0.2) is 55.2 Å². The van der Waals surface area contributed by atoms with Crippen molar-refractivity contribution >= 4 is 35.3 Å². The Kier molecular flexibility index (Phi) is 9.05. The van der Waals surface area contributed by atoms with E-state index in [4.69, 9.17) is 16.3 Å². The molecule has 9 heteroatoms. The van der Waals surface area contributed by atoms with Crippen LogP contribution in [0.5, 0.6) is 0 Å². The van der Waals surface area contributed by atoms with Crippen molar-refractivity contribution < 1.29 is 19.1 Å². The number of ether oxygens (including phenoxy) is 1. The summed E-state index contributed by atoms with van der Waals surface area (Å²) < 4.78 is 4.85. The topological polar surface area (TPSA) is 99.8 Å². The molecule has 0 aliphatic carbocycles. The molecule has 2 rings (SSSR count). The van der Waals surface area contributed by atoms with E-state index in [1.165, 1.54) is 0 Å². The Balaban J connectivity index is 1.63. The molecule has 8 nitrogen and oxygen atoms in total. The van der Waals surface area contributed by atoms with E-state index >= 15 is 0 Å². The molecular weight excluding hydrogens is 396 g/mol. The Morgan fingerprint density at radius 1 is 1.28 bits per heavy atom. The zero-order chi connectivity index (χ0) is 21.2. The molecule has 1 aromatic carbocycles. The lowest BCUT2D eigenvalue weighted by Gasteiger charge is -2.32. The van der Waals surface area contributed by atoms with Crippen LogP contribution in [0.1, 0.15) is 33.1 Å². The lowest BCUT2D eigenvalue weighted by molar-refractivity contribution is -0.144. The van der Waals surface area contributed by atoms with Gasteiger partial charge in [0, 0.05) is 30.3 Å². The molecule has 1 unspecified atom stereocenters. The highest BCUT2D eigenvalue weighted by Crippen LogP contribution is 2.21. The first-order chi connectivity index (χ1) is 13.9. The van der Waals surface area contributed by atoms with Gasteiger partial charge >= 0.3 is 18.0 Å². The minimum Gasteiger partial charge on any atom is -0.464 e. The number of benzene rings is 1. The number of hydrogen-bond donors (Lipinski definition) is 3. The second-order valence-electron chi connectivity index (χ2n) is 7.03. The van der Waals surface area contributed by atoms with E-state index in [1.54, 1.807) is 43.0 Å². The third-order valence-electron chi connectivity index (χ3n) is 4.80. The van der Waals surface area contributed by atoms with Gasteiger partial charge in [0.05, 0.1) is 6.61 Å². The molecule has 29 heavy (non-hydrogen) atoms. The van der Waals surface area contributed by atoms with Crippen LogP contribution in [0.3, 0.4) is 0 Å². The molecule has 0 aromatic heterocycles. The highest BCUT2D eigenvalue weighted by atomic mass is 35.5. The third kappa shape index (κ3) is 7.81. The quantitative estimate of drug-likeness (QED) is 0.585. The molecule has 1 fully saturated rings. The fourth-order valence-corrected chi connectivity index (χ4v) is 3.35. The Bertz CT molecular complexity index is 707. The van der Waals surface area contributed by atoms with Gasteiger partial charge < -0.3 is 25.6 Å². The molecule has 1 heterocycles. The zero-order valence-corrected chi connectivity index (χ0v) is 17.6. The summed E-state index contributed by atoms with van der Waals surface area (Å²) in [6.07, 6.45) is 2.59. The number of likely N-dealkylation sites (tertiary alicyclic amines) is 1. The maximum Gasteiger partial charge on any atom is 0.328 e. The van der Waals surface area contributed by atoms with Gasteiger partial charge in [-0.2, -0.15) is 0 Å². The van der Waals surface area contributed by atoms with Gasteiger partial charge in [0.2, 0.25) is 0 Å². The summed E-state index contributed by atoms with van der Waals surface area (Å²) in [5.74, 6) is -0.0147. The molecule has 0 bridgehead atoms. The van der Waals surface area contributed by atoms with E-state index in [0.29, 0.717) is 36.3 Å². The predicted octanol–water partition coefficient (Wildman–Crippen LogP) is 3.22. The zero-order valence-electron chi connectivity index (χ0n) is 16.9. The first kappa shape index (κ1) is 22.8. The maximum absolute atomic E-state index is 12.4. The van der Waals surface area contributed by atoms with Crippen LogP contribution in [0, 0.1) is 5.92 Å². The van der Waals surface area contributed by atoms with E-state index in [1.807, 2.05) is 0 Å². The molecule has 0 radical (unpaired) electrons. The van der Waals surface area contributed by atoms with Crippen LogP contribution in [-0.2, 0) is 9.53 Å². The van der Waals surface area contributed by atoms with Crippen LogP contribution < -0.4 is 16.0 Å². The Morgan fingerprint density at radius 3 is 2.66 bits per heavy atom. The first-order valence-corrected chi connectivity index (χ1v) is 10.3. The molecule has 1 saturated heterocycles. The van der Waals surface area contributed by atoms with Crippen molar-refractivity contribution in [2.75, 3.05) is 31.6 Å². The molecule has 1 aliphatic rings. The molecular formula is C20H29ClN4O4. The second kappa shape index (κ2) is 11.5. The van der Waals surface area contributed by atoms with Gasteiger partial charge in [0.25, 0.3) is 0 Å². The van der Waals surface area contributed by atoms with Gasteiger partial charge in [-0.05, 0) is 57.2 Å². The summed E-state index contributed by atoms with van der Waals surface area (Å²) in [6.45, 7) is 5.44. The van der Waals surface area contributed by atoms with Crippen molar-refractivity contribution in [2.24, 2.45) is 5.92 Å². The number of urea groups is 2. The molecule has 1 aliphatic heterocycles. The molecule has 1 atom stereocenters. The van der Waals surface area contributed by atoms with E-state index in [9.17, 15) is 14.4 Å². The highest BCUT2D eigenvalue weighted by molar-refractivity contribution is 6.30. The number of nitrogens with one attached hydrogen (secondary N) is 3. The molecule has 160 valence electrons. The molecule has 3 N–H and O–H groups in total. The number of carbonyl (C=O) groups is 3. The summed E-state index contributed by atoms with van der Waals surface area (Å²) in [5, 5.41) is 8.76. The minimum absolute atomic E-state index is 0.129. The monoisotopic (exact) mass is 424 g/mol. The van der Waals surface area contributed by atoms with Crippen molar-refractivity contribution in [1.29, 1.82) is 0 Å². The number of piperidine rings is 1. The number of esters is 1. The van der Waals surface area contributed by atoms with Gasteiger partial charge in [-0.1, -0.05) is 17.7 Å². The van der Waals surface area contributed by atoms with Gasteiger partial charge in [0.1, 0.15) is 6.04 Å². The average Bonchev–Trinajstić information content (AvgIpc) is 2.68. The number of rotatable bonds is 7. The van der Waals surface area contributed by atoms with Crippen LogP contribution in [0.4, 0.5) is 15.3 Å². The van der Waals surface area contributed by atoms with E-state index in [0.717, 1.165) is 19.3 Å². The summed E-state index contributed by atoms with van der Waals surface area (Å²) in [4.78, 5) is 37.5. The standard InChI is InChI=1S/C20H29ClN4O4/c1-3-29-18(26)14(2)23-19(27)22-10-7-15-8-11-25(12-9-15)20(28)24-17-6-4-5-16(21)13-17/h4-6,13-15H,3,7-12H2,1-2H3,(H,24,28)(H2,22,23,27). The first-order valence-electron chi connectivity index (χ1n) is 9.91. The SMILES string of the molecule is CCOC(=O)C(C)NC(=O)NCCC1CCN(C(=O)Nc2cccc(Cl)c2)CC1. The molecule has 4 amide bonds. The van der Waals surface area contributed by atoms with Crippen LogP contribution in [0.15, 0.2) is 24.3 Å². The van der Waals surface area contributed by atoms with Crippen molar-refractivity contribution in [3.8, 4) is 0 Å². The van der Waals surface area contributed by atoms with Crippen LogP contribution in [0.2, 0.25) is 5.02 Å². The summed E-state index contributed by atoms with van der Waals surface area (Å²) in [6, 6.07) is 5.87. The van der Waals surface area contributed by atoms with Crippen molar-refractivity contribution in [1.82, 2.24) is 15.5 Å². The number of hydrogen-bond acceptors (Lipinski definition) is 4. The van der Waals surface area contributed by atoms with E-state index in [2.05, 4.69) is 16.0 Å². The average molecular weight is 425 g/mol. The van der Waals surface area contributed by atoms with Gasteiger partial charge in [-0.25, -0.2) is 14.4 Å². The van der Waals surface area contributed by atoms with E-state index in [-0.39, 0.29) is 18.7 Å². The summed E-state index contributed by atoms with van der Waals surface area (Å²) in [5.41, 5.74) is 0.678. The maximum atomic E-state index is 12.4. The molecule has 1 aromatic rings. The fourth-order valence-electron chi connectivity index (χ4n) is 3.16. The minimum atomic E-state index is -0.684. The number of nitrogens with zero attached hydrogens (tertiary/aromatic N) is 1. The third-order valence-corrected chi connectivity index (χ3v) is 5.04. The summed E-state index contributed by atoms with van der Waals surface area (Å²) in [7, 11) is 0. The van der Waals surface area contributed by atoms with Crippen molar-refractivity contribution in [3.63, 3.8) is 0 Å². The lowest BCUT2D eigenvalue weighted by atomic mass is 9.94. The van der Waals surface area contributed by atoms with Crippen LogP contribution in [0.25, 0.3) is 0 Å². The lowest BCUT2D eigenvalue weighted by Crippen LogP contribution is -2.46. The molecule has 0 spiro atoms. The normalized spacial score (nSPS) is 15.3. The van der Waals surface area contributed by atoms with Crippen molar-refractivity contribution in [3.05, 3.63) is 29.3 Å². The molecule has 0 saturated carbocycles. The van der Waals surface area contributed by atoms with Crippen molar-refractivity contribution in [2.45, 2.75) is 39.2 Å². The highest BCUT2D eigenvalue weighted by Gasteiger charge is 2.23. The largest absolute Gasteiger partial charge is 0.464 e. The number of anilines is 1. The number of halogens is 1.